The summed E-state index contributed by atoms with van der Waals surface area (Å²) < 4.78 is 13.4. The van der Waals surface area contributed by atoms with Crippen LogP contribution in [-0.2, 0) is 0 Å². The van der Waals surface area contributed by atoms with E-state index in [-0.39, 0.29) is 11.7 Å². The van der Waals surface area contributed by atoms with Crippen LogP contribution >= 0.6 is 0 Å². The summed E-state index contributed by atoms with van der Waals surface area (Å²) in [6.45, 7) is 4.03. The molecule has 0 saturated heterocycles. The lowest BCUT2D eigenvalue weighted by Crippen LogP contribution is -1.89. The van der Waals surface area contributed by atoms with E-state index in [1.165, 1.54) is 6.07 Å². The third-order valence-electron chi connectivity index (χ3n) is 2.14. The number of halogens is 1. The summed E-state index contributed by atoms with van der Waals surface area (Å²) in [6.07, 6.45) is 0. The fraction of sp³-hybridized carbons (Fsp3) is 0.300. The average Bonchev–Trinajstić information content (AvgIpc) is 2.49. The van der Waals surface area contributed by atoms with E-state index in [2.05, 4.69) is 10.2 Å². The lowest BCUT2D eigenvalue weighted by Gasteiger charge is -2.01. The number of H-pyrrole nitrogens is 1. The Labute approximate surface area is 75.8 Å². The Bertz CT molecular complexity index is 431. The predicted octanol–water partition coefficient (Wildman–Crippen LogP) is 2.83. The molecule has 0 atom stereocenters. The van der Waals surface area contributed by atoms with Gasteiger partial charge in [-0.25, -0.2) is 4.39 Å². The van der Waals surface area contributed by atoms with E-state index in [0.717, 1.165) is 5.69 Å². The summed E-state index contributed by atoms with van der Waals surface area (Å²) in [4.78, 5) is 0. The number of hydrogen-bond acceptors (Lipinski definition) is 1. The number of aromatic amines is 1. The molecule has 0 aliphatic carbocycles. The Kier molecular flexibility index (Phi) is 1.79. The van der Waals surface area contributed by atoms with Crippen LogP contribution in [0.15, 0.2) is 18.2 Å². The lowest BCUT2D eigenvalue weighted by molar-refractivity contribution is 0.637. The van der Waals surface area contributed by atoms with E-state index >= 15 is 0 Å². The van der Waals surface area contributed by atoms with E-state index in [1.54, 1.807) is 12.1 Å². The molecule has 2 aromatic rings. The third-order valence-corrected chi connectivity index (χ3v) is 2.14. The van der Waals surface area contributed by atoms with E-state index in [1.807, 2.05) is 13.8 Å². The Morgan fingerprint density at radius 2 is 2.15 bits per heavy atom. The zero-order chi connectivity index (χ0) is 9.42. The maximum atomic E-state index is 13.4. The number of nitrogens with one attached hydrogen (secondary N) is 1. The molecular formula is C10H11FN2. The van der Waals surface area contributed by atoms with Gasteiger partial charge in [0.1, 0.15) is 5.82 Å². The minimum absolute atomic E-state index is 0.199. The molecule has 1 heterocycles. The summed E-state index contributed by atoms with van der Waals surface area (Å²) in [6, 6.07) is 4.94. The van der Waals surface area contributed by atoms with Crippen molar-refractivity contribution in [3.8, 4) is 0 Å². The van der Waals surface area contributed by atoms with Gasteiger partial charge in [-0.2, -0.15) is 5.10 Å². The second-order valence-corrected chi connectivity index (χ2v) is 3.43. The van der Waals surface area contributed by atoms with Gasteiger partial charge < -0.3 is 0 Å². The highest BCUT2D eigenvalue weighted by atomic mass is 19.1. The van der Waals surface area contributed by atoms with E-state index in [9.17, 15) is 4.39 Å². The van der Waals surface area contributed by atoms with Crippen molar-refractivity contribution in [1.29, 1.82) is 0 Å². The molecule has 0 fully saturated rings. The van der Waals surface area contributed by atoms with Crippen LogP contribution in [-0.4, -0.2) is 10.2 Å². The van der Waals surface area contributed by atoms with Crippen molar-refractivity contribution >= 4 is 10.9 Å². The van der Waals surface area contributed by atoms with Crippen LogP contribution in [0, 0.1) is 5.82 Å². The summed E-state index contributed by atoms with van der Waals surface area (Å²) in [7, 11) is 0. The van der Waals surface area contributed by atoms with Crippen LogP contribution in [0.25, 0.3) is 10.9 Å². The van der Waals surface area contributed by atoms with E-state index in [4.69, 9.17) is 0 Å². The minimum atomic E-state index is -0.199. The van der Waals surface area contributed by atoms with Crippen molar-refractivity contribution in [3.63, 3.8) is 0 Å². The molecule has 1 aromatic heterocycles. The number of hydrogen-bond donors (Lipinski definition) is 1. The van der Waals surface area contributed by atoms with Gasteiger partial charge in [0.15, 0.2) is 0 Å². The fourth-order valence-electron chi connectivity index (χ4n) is 1.47. The second kappa shape index (κ2) is 2.83. The first-order valence-corrected chi connectivity index (χ1v) is 4.32. The zero-order valence-electron chi connectivity index (χ0n) is 7.63. The SMILES string of the molecule is CC(C)c1[nH]nc2cccc(F)c12. The second-order valence-electron chi connectivity index (χ2n) is 3.43. The van der Waals surface area contributed by atoms with Crippen LogP contribution in [0.1, 0.15) is 25.5 Å². The van der Waals surface area contributed by atoms with E-state index in [0.29, 0.717) is 10.9 Å². The molecule has 0 aliphatic rings. The maximum absolute atomic E-state index is 13.4. The molecule has 0 aliphatic heterocycles. The summed E-state index contributed by atoms with van der Waals surface area (Å²) in [5.41, 5.74) is 1.57. The van der Waals surface area contributed by atoms with Crippen molar-refractivity contribution in [1.82, 2.24) is 10.2 Å². The Balaban J connectivity index is 2.79. The van der Waals surface area contributed by atoms with Gasteiger partial charge in [0.25, 0.3) is 0 Å². The lowest BCUT2D eigenvalue weighted by atomic mass is 10.1. The number of aromatic nitrogens is 2. The van der Waals surface area contributed by atoms with Crippen LogP contribution in [0.3, 0.4) is 0 Å². The summed E-state index contributed by atoms with van der Waals surface area (Å²) in [5.74, 6) is 0.0665. The smallest absolute Gasteiger partial charge is 0.134 e. The molecule has 0 spiro atoms. The normalized spacial score (nSPS) is 11.4. The molecule has 0 unspecified atom stereocenters. The molecule has 0 radical (unpaired) electrons. The Hall–Kier alpha value is -1.38. The molecule has 13 heavy (non-hydrogen) atoms. The van der Waals surface area contributed by atoms with Crippen LogP contribution in [0.4, 0.5) is 4.39 Å². The third kappa shape index (κ3) is 1.20. The van der Waals surface area contributed by atoms with Crippen molar-refractivity contribution < 1.29 is 4.39 Å². The fourth-order valence-corrected chi connectivity index (χ4v) is 1.47. The first kappa shape index (κ1) is 8.23. The molecule has 0 amide bonds. The van der Waals surface area contributed by atoms with Crippen LogP contribution in [0.5, 0.6) is 0 Å². The van der Waals surface area contributed by atoms with Crippen molar-refractivity contribution in [2.24, 2.45) is 0 Å². The quantitative estimate of drug-likeness (QED) is 0.714. The van der Waals surface area contributed by atoms with Gasteiger partial charge >= 0.3 is 0 Å². The molecule has 2 nitrogen and oxygen atoms in total. The average molecular weight is 178 g/mol. The standard InChI is InChI=1S/C10H11FN2/c1-6(2)10-9-7(11)4-3-5-8(9)12-13-10/h3-6H,1-2H3,(H,12,13). The summed E-state index contributed by atoms with van der Waals surface area (Å²) in [5, 5.41) is 7.52. The van der Waals surface area contributed by atoms with Crippen molar-refractivity contribution in [3.05, 3.63) is 29.7 Å². The number of benzene rings is 1. The van der Waals surface area contributed by atoms with Gasteiger partial charge in [0, 0.05) is 5.69 Å². The van der Waals surface area contributed by atoms with Gasteiger partial charge in [-0.05, 0) is 18.1 Å². The van der Waals surface area contributed by atoms with Crippen LogP contribution in [0.2, 0.25) is 0 Å². The molecule has 1 aromatic carbocycles. The summed E-state index contributed by atoms with van der Waals surface area (Å²) >= 11 is 0. The maximum Gasteiger partial charge on any atom is 0.134 e. The number of fused-ring (bicyclic) bond motifs is 1. The number of rotatable bonds is 1. The monoisotopic (exact) mass is 178 g/mol. The zero-order valence-corrected chi connectivity index (χ0v) is 7.63. The molecule has 0 saturated carbocycles. The minimum Gasteiger partial charge on any atom is -0.281 e. The number of nitrogens with zero attached hydrogens (tertiary/aromatic N) is 1. The molecule has 68 valence electrons. The van der Waals surface area contributed by atoms with Gasteiger partial charge in [-0.3, -0.25) is 5.10 Å². The van der Waals surface area contributed by atoms with Crippen molar-refractivity contribution in [2.45, 2.75) is 19.8 Å². The largest absolute Gasteiger partial charge is 0.281 e. The van der Waals surface area contributed by atoms with Gasteiger partial charge in [-0.1, -0.05) is 19.9 Å². The van der Waals surface area contributed by atoms with Gasteiger partial charge in [-0.15, -0.1) is 0 Å². The highest BCUT2D eigenvalue weighted by Crippen LogP contribution is 2.24. The molecule has 3 heteroatoms. The van der Waals surface area contributed by atoms with Gasteiger partial charge in [0.05, 0.1) is 10.9 Å². The molecular weight excluding hydrogens is 167 g/mol. The first-order chi connectivity index (χ1) is 6.20. The topological polar surface area (TPSA) is 28.7 Å². The first-order valence-electron chi connectivity index (χ1n) is 4.32. The van der Waals surface area contributed by atoms with Gasteiger partial charge in [0.2, 0.25) is 0 Å². The Morgan fingerprint density at radius 3 is 2.85 bits per heavy atom. The van der Waals surface area contributed by atoms with Crippen LogP contribution < -0.4 is 0 Å². The highest BCUT2D eigenvalue weighted by molar-refractivity contribution is 5.82. The Morgan fingerprint density at radius 1 is 1.38 bits per heavy atom. The molecule has 1 N–H and O–H groups in total. The molecule has 0 bridgehead atoms. The van der Waals surface area contributed by atoms with Crippen molar-refractivity contribution in [2.75, 3.05) is 0 Å². The van der Waals surface area contributed by atoms with E-state index < -0.39 is 0 Å². The molecule has 2 rings (SSSR count). The highest BCUT2D eigenvalue weighted by Gasteiger charge is 2.11. The predicted molar refractivity (Wildman–Crippen MR) is 50.1 cm³/mol.